The van der Waals surface area contributed by atoms with Crippen molar-refractivity contribution < 1.29 is 13.2 Å². The molecule has 18 heavy (non-hydrogen) atoms. The molecule has 1 aromatic carbocycles. The summed E-state index contributed by atoms with van der Waals surface area (Å²) in [6.07, 6.45) is 2.23. The second kappa shape index (κ2) is 6.75. The molecule has 1 unspecified atom stereocenters. The van der Waals surface area contributed by atoms with E-state index in [1.54, 1.807) is 0 Å². The lowest BCUT2D eigenvalue weighted by Gasteiger charge is -2.14. The van der Waals surface area contributed by atoms with Crippen LogP contribution in [0.5, 0.6) is 5.75 Å². The molecule has 5 heteroatoms. The third-order valence-electron chi connectivity index (χ3n) is 2.76. The molecule has 102 valence electrons. The van der Waals surface area contributed by atoms with E-state index in [2.05, 4.69) is 12.2 Å². The fourth-order valence-corrected chi connectivity index (χ4v) is 2.10. The van der Waals surface area contributed by atoms with E-state index in [-0.39, 0.29) is 12.4 Å². The number of hydrogen-bond acceptors (Lipinski definition) is 4. The smallest absolute Gasteiger partial charge is 0.150 e. The van der Waals surface area contributed by atoms with Gasteiger partial charge in [-0.1, -0.05) is 19.1 Å². The Morgan fingerprint density at radius 2 is 1.89 bits per heavy atom. The minimum Gasteiger partial charge on any atom is -0.493 e. The van der Waals surface area contributed by atoms with Crippen LogP contribution in [0.2, 0.25) is 0 Å². The van der Waals surface area contributed by atoms with Gasteiger partial charge in [0.2, 0.25) is 0 Å². The molecule has 1 atom stereocenters. The molecule has 0 fully saturated rings. The number of ether oxygens (including phenoxy) is 1. The average Bonchev–Trinajstić information content (AvgIpc) is 2.31. The first-order chi connectivity index (χ1) is 8.46. The van der Waals surface area contributed by atoms with Crippen LogP contribution in [0, 0.1) is 0 Å². The van der Waals surface area contributed by atoms with Crippen LogP contribution in [0.1, 0.15) is 24.9 Å². The van der Waals surface area contributed by atoms with Crippen LogP contribution in [-0.4, -0.2) is 34.1 Å². The molecule has 1 aromatic rings. The molecular formula is C13H21NO3S. The third kappa shape index (κ3) is 5.06. The highest BCUT2D eigenvalue weighted by Gasteiger charge is 2.06. The minimum absolute atomic E-state index is 0.0445. The standard InChI is InChI=1S/C13H21NO3S/c1-4-13(14-2)11-5-7-12(8-6-11)17-9-10-18(3,15)16/h5-8,13-14H,4,9-10H2,1-3H3. The Labute approximate surface area is 109 Å². The Hall–Kier alpha value is -1.07. The summed E-state index contributed by atoms with van der Waals surface area (Å²) in [6, 6.07) is 8.09. The average molecular weight is 271 g/mol. The van der Waals surface area contributed by atoms with E-state index in [9.17, 15) is 8.42 Å². The minimum atomic E-state index is -2.96. The lowest BCUT2D eigenvalue weighted by Crippen LogP contribution is -2.15. The van der Waals surface area contributed by atoms with Gasteiger partial charge in [0.05, 0.1) is 5.75 Å². The molecule has 0 heterocycles. The predicted molar refractivity (Wildman–Crippen MR) is 73.7 cm³/mol. The van der Waals surface area contributed by atoms with Gasteiger partial charge in [-0.25, -0.2) is 8.42 Å². The van der Waals surface area contributed by atoms with Crippen molar-refractivity contribution in [2.45, 2.75) is 19.4 Å². The largest absolute Gasteiger partial charge is 0.493 e. The van der Waals surface area contributed by atoms with E-state index < -0.39 is 9.84 Å². The van der Waals surface area contributed by atoms with Crippen LogP contribution in [0.25, 0.3) is 0 Å². The molecule has 0 saturated heterocycles. The van der Waals surface area contributed by atoms with E-state index in [1.165, 1.54) is 11.8 Å². The van der Waals surface area contributed by atoms with Gasteiger partial charge in [-0.2, -0.15) is 0 Å². The Balaban J connectivity index is 2.55. The zero-order valence-corrected chi connectivity index (χ0v) is 12.0. The molecule has 0 spiro atoms. The van der Waals surface area contributed by atoms with Crippen molar-refractivity contribution in [3.63, 3.8) is 0 Å². The lowest BCUT2D eigenvalue weighted by molar-refractivity contribution is 0.341. The summed E-state index contributed by atoms with van der Waals surface area (Å²) in [5, 5.41) is 3.23. The van der Waals surface area contributed by atoms with Crippen LogP contribution in [-0.2, 0) is 9.84 Å². The van der Waals surface area contributed by atoms with Crippen molar-refractivity contribution in [1.82, 2.24) is 5.32 Å². The fraction of sp³-hybridized carbons (Fsp3) is 0.538. The van der Waals surface area contributed by atoms with Gasteiger partial charge in [0.1, 0.15) is 12.4 Å². The second-order valence-electron chi connectivity index (χ2n) is 4.30. The van der Waals surface area contributed by atoms with Gasteiger partial charge in [-0.3, -0.25) is 0 Å². The van der Waals surface area contributed by atoms with Crippen molar-refractivity contribution in [1.29, 1.82) is 0 Å². The maximum atomic E-state index is 11.0. The monoisotopic (exact) mass is 271 g/mol. The molecule has 4 nitrogen and oxygen atoms in total. The van der Waals surface area contributed by atoms with E-state index in [0.717, 1.165) is 6.42 Å². The summed E-state index contributed by atoms with van der Waals surface area (Å²) in [4.78, 5) is 0. The number of nitrogens with one attached hydrogen (secondary N) is 1. The van der Waals surface area contributed by atoms with E-state index in [4.69, 9.17) is 4.74 Å². The first-order valence-corrected chi connectivity index (χ1v) is 8.10. The summed E-state index contributed by atoms with van der Waals surface area (Å²) in [6.45, 7) is 2.32. The Morgan fingerprint density at radius 1 is 1.28 bits per heavy atom. The molecular weight excluding hydrogens is 250 g/mol. The molecule has 0 radical (unpaired) electrons. The van der Waals surface area contributed by atoms with Crippen LogP contribution < -0.4 is 10.1 Å². The van der Waals surface area contributed by atoms with Crippen molar-refractivity contribution in [3.8, 4) is 5.75 Å². The molecule has 0 bridgehead atoms. The first kappa shape index (κ1) is 15.0. The fourth-order valence-electron chi connectivity index (χ4n) is 1.71. The summed E-state index contributed by atoms with van der Waals surface area (Å²) < 4.78 is 27.3. The third-order valence-corrected chi connectivity index (χ3v) is 3.67. The van der Waals surface area contributed by atoms with Crippen LogP contribution in [0.15, 0.2) is 24.3 Å². The number of sulfone groups is 1. The van der Waals surface area contributed by atoms with Gasteiger partial charge >= 0.3 is 0 Å². The Morgan fingerprint density at radius 3 is 2.33 bits per heavy atom. The van der Waals surface area contributed by atoms with Crippen molar-refractivity contribution >= 4 is 9.84 Å². The molecule has 1 N–H and O–H groups in total. The van der Waals surface area contributed by atoms with Gasteiger partial charge in [0.15, 0.2) is 9.84 Å². The predicted octanol–water partition coefficient (Wildman–Crippen LogP) is 1.78. The van der Waals surface area contributed by atoms with Gasteiger partial charge in [-0.15, -0.1) is 0 Å². The SMILES string of the molecule is CCC(NC)c1ccc(OCCS(C)(=O)=O)cc1. The Kier molecular flexibility index (Phi) is 5.62. The van der Waals surface area contributed by atoms with Crippen LogP contribution in [0.3, 0.4) is 0 Å². The maximum Gasteiger partial charge on any atom is 0.150 e. The van der Waals surface area contributed by atoms with Crippen LogP contribution in [0.4, 0.5) is 0 Å². The summed E-state index contributed by atoms with van der Waals surface area (Å²) in [5.41, 5.74) is 1.20. The normalized spacial score (nSPS) is 13.3. The van der Waals surface area contributed by atoms with Gasteiger partial charge in [-0.05, 0) is 31.2 Å². The van der Waals surface area contributed by atoms with Crippen molar-refractivity contribution in [3.05, 3.63) is 29.8 Å². The summed E-state index contributed by atoms with van der Waals surface area (Å²) >= 11 is 0. The second-order valence-corrected chi connectivity index (χ2v) is 6.56. The molecule has 0 saturated carbocycles. The molecule has 0 aromatic heterocycles. The highest BCUT2D eigenvalue weighted by atomic mass is 32.2. The lowest BCUT2D eigenvalue weighted by atomic mass is 10.1. The molecule has 1 rings (SSSR count). The quantitative estimate of drug-likeness (QED) is 0.821. The zero-order valence-electron chi connectivity index (χ0n) is 11.1. The summed E-state index contributed by atoms with van der Waals surface area (Å²) in [5.74, 6) is 0.747. The van der Waals surface area contributed by atoms with E-state index in [0.29, 0.717) is 11.8 Å². The number of rotatable bonds is 7. The first-order valence-electron chi connectivity index (χ1n) is 6.04. The molecule has 0 aliphatic heterocycles. The van der Waals surface area contributed by atoms with Crippen LogP contribution >= 0.6 is 0 Å². The topological polar surface area (TPSA) is 55.4 Å². The van der Waals surface area contributed by atoms with Crippen molar-refractivity contribution in [2.75, 3.05) is 25.7 Å². The molecule has 0 amide bonds. The van der Waals surface area contributed by atoms with Gasteiger partial charge in [0.25, 0.3) is 0 Å². The number of benzene rings is 1. The number of hydrogen-bond donors (Lipinski definition) is 1. The van der Waals surface area contributed by atoms with Gasteiger partial charge in [0, 0.05) is 12.3 Å². The Bertz CT molecular complexity index is 450. The van der Waals surface area contributed by atoms with E-state index >= 15 is 0 Å². The highest BCUT2D eigenvalue weighted by molar-refractivity contribution is 7.90. The zero-order chi connectivity index (χ0) is 13.6. The maximum absolute atomic E-state index is 11.0. The molecule has 0 aliphatic carbocycles. The van der Waals surface area contributed by atoms with Gasteiger partial charge < -0.3 is 10.1 Å². The summed E-state index contributed by atoms with van der Waals surface area (Å²) in [7, 11) is -1.02. The highest BCUT2D eigenvalue weighted by Crippen LogP contribution is 2.19. The van der Waals surface area contributed by atoms with Crippen molar-refractivity contribution in [2.24, 2.45) is 0 Å². The molecule has 0 aliphatic rings. The van der Waals surface area contributed by atoms with E-state index in [1.807, 2.05) is 31.3 Å².